The molecule has 3 rings (SSSR count). The maximum absolute atomic E-state index is 12.1. The van der Waals surface area contributed by atoms with Gasteiger partial charge < -0.3 is 15.0 Å². The fourth-order valence-corrected chi connectivity index (χ4v) is 2.30. The largest absolute Gasteiger partial charge is 0.470 e. The van der Waals surface area contributed by atoms with Crippen molar-refractivity contribution in [1.29, 1.82) is 0 Å². The molecule has 1 aromatic heterocycles. The lowest BCUT2D eigenvalue weighted by molar-refractivity contribution is 0.0462. The fourth-order valence-electron chi connectivity index (χ4n) is 2.13. The van der Waals surface area contributed by atoms with Crippen molar-refractivity contribution in [3.8, 4) is 5.88 Å². The zero-order chi connectivity index (χ0) is 15.5. The lowest BCUT2D eigenvalue weighted by atomic mass is 10.2. The predicted octanol–water partition coefficient (Wildman–Crippen LogP) is 3.34. The molecule has 1 aliphatic rings. The number of anilines is 1. The normalized spacial score (nSPS) is 14.4. The molecular weight excluding hydrogens is 302 g/mol. The van der Waals surface area contributed by atoms with Crippen LogP contribution in [0.25, 0.3) is 0 Å². The number of aryl methyl sites for hydroxylation is 1. The highest BCUT2D eigenvalue weighted by molar-refractivity contribution is 6.31. The Kier molecular flexibility index (Phi) is 4.15. The molecule has 0 aliphatic carbocycles. The summed E-state index contributed by atoms with van der Waals surface area (Å²) < 4.78 is 5.66. The Hall–Kier alpha value is -2.27. The third-order valence-corrected chi connectivity index (χ3v) is 3.73. The van der Waals surface area contributed by atoms with Crippen LogP contribution >= 0.6 is 11.6 Å². The van der Waals surface area contributed by atoms with Crippen LogP contribution in [0.4, 0.5) is 10.5 Å². The van der Waals surface area contributed by atoms with Gasteiger partial charge in [0.25, 0.3) is 0 Å². The first kappa shape index (κ1) is 14.7. The van der Waals surface area contributed by atoms with Crippen LogP contribution in [0.5, 0.6) is 5.88 Å². The van der Waals surface area contributed by atoms with Crippen molar-refractivity contribution in [3.05, 3.63) is 53.2 Å². The molecule has 0 unspecified atom stereocenters. The van der Waals surface area contributed by atoms with Crippen molar-refractivity contribution in [1.82, 2.24) is 9.88 Å². The molecule has 1 aromatic carbocycles. The summed E-state index contributed by atoms with van der Waals surface area (Å²) in [4.78, 5) is 17.8. The molecule has 1 N–H and O–H groups in total. The number of aromatic nitrogens is 1. The highest BCUT2D eigenvalue weighted by atomic mass is 35.5. The zero-order valence-electron chi connectivity index (χ0n) is 12.1. The number of urea groups is 1. The number of nitrogens with one attached hydrogen (secondary N) is 1. The SMILES string of the molecule is Cc1ccc(NC(=O)N2CC(Oc3ncccc3Cl)C2)cc1. The lowest BCUT2D eigenvalue weighted by Crippen LogP contribution is -2.57. The number of pyridine rings is 1. The second-order valence-corrected chi connectivity index (χ2v) is 5.64. The molecule has 2 amide bonds. The van der Waals surface area contributed by atoms with E-state index in [0.717, 1.165) is 11.3 Å². The molecule has 1 fully saturated rings. The van der Waals surface area contributed by atoms with Gasteiger partial charge in [0, 0.05) is 11.9 Å². The molecule has 114 valence electrons. The number of rotatable bonds is 3. The van der Waals surface area contributed by atoms with Gasteiger partial charge in [0.15, 0.2) is 0 Å². The van der Waals surface area contributed by atoms with Crippen molar-refractivity contribution in [2.24, 2.45) is 0 Å². The van der Waals surface area contributed by atoms with E-state index in [0.29, 0.717) is 24.0 Å². The molecule has 22 heavy (non-hydrogen) atoms. The van der Waals surface area contributed by atoms with Crippen LogP contribution in [0.3, 0.4) is 0 Å². The Labute approximate surface area is 133 Å². The van der Waals surface area contributed by atoms with Crippen molar-refractivity contribution in [2.75, 3.05) is 18.4 Å². The molecule has 1 saturated heterocycles. The van der Waals surface area contributed by atoms with Crippen LogP contribution in [0.2, 0.25) is 5.02 Å². The molecule has 0 spiro atoms. The second-order valence-electron chi connectivity index (χ2n) is 5.23. The lowest BCUT2D eigenvalue weighted by Gasteiger charge is -2.38. The minimum absolute atomic E-state index is 0.0730. The first-order chi connectivity index (χ1) is 10.6. The molecule has 5 nitrogen and oxygen atoms in total. The summed E-state index contributed by atoms with van der Waals surface area (Å²) in [6, 6.07) is 11.0. The van der Waals surface area contributed by atoms with Gasteiger partial charge in [-0.1, -0.05) is 29.3 Å². The summed E-state index contributed by atoms with van der Waals surface area (Å²) in [7, 11) is 0. The van der Waals surface area contributed by atoms with Crippen LogP contribution in [0, 0.1) is 6.92 Å². The summed E-state index contributed by atoms with van der Waals surface area (Å²) in [5.41, 5.74) is 1.94. The Morgan fingerprint density at radius 3 is 2.73 bits per heavy atom. The Morgan fingerprint density at radius 2 is 2.05 bits per heavy atom. The van der Waals surface area contributed by atoms with Gasteiger partial charge in [0.05, 0.1) is 13.1 Å². The van der Waals surface area contributed by atoms with Gasteiger partial charge >= 0.3 is 6.03 Å². The van der Waals surface area contributed by atoms with Crippen LogP contribution in [0.1, 0.15) is 5.56 Å². The minimum Gasteiger partial charge on any atom is -0.470 e. The zero-order valence-corrected chi connectivity index (χ0v) is 12.9. The van der Waals surface area contributed by atoms with Crippen molar-refractivity contribution < 1.29 is 9.53 Å². The van der Waals surface area contributed by atoms with Gasteiger partial charge in [-0.2, -0.15) is 0 Å². The van der Waals surface area contributed by atoms with E-state index >= 15 is 0 Å². The summed E-state index contributed by atoms with van der Waals surface area (Å²) in [6.45, 7) is 3.04. The van der Waals surface area contributed by atoms with E-state index in [1.807, 2.05) is 31.2 Å². The number of ether oxygens (including phenoxy) is 1. The van der Waals surface area contributed by atoms with E-state index in [1.165, 1.54) is 0 Å². The van der Waals surface area contributed by atoms with Crippen LogP contribution in [-0.4, -0.2) is 35.1 Å². The fraction of sp³-hybridized carbons (Fsp3) is 0.250. The first-order valence-corrected chi connectivity index (χ1v) is 7.39. The van der Waals surface area contributed by atoms with E-state index in [-0.39, 0.29) is 12.1 Å². The molecule has 1 aliphatic heterocycles. The predicted molar refractivity (Wildman–Crippen MR) is 85.4 cm³/mol. The number of likely N-dealkylation sites (tertiary alicyclic amines) is 1. The van der Waals surface area contributed by atoms with Crippen LogP contribution in [-0.2, 0) is 0 Å². The highest BCUT2D eigenvalue weighted by Crippen LogP contribution is 2.24. The standard InChI is InChI=1S/C16H16ClN3O2/c1-11-4-6-12(7-5-11)19-16(21)20-9-13(10-20)22-15-14(17)3-2-8-18-15/h2-8,13H,9-10H2,1H3,(H,19,21). The number of nitrogens with zero attached hydrogens (tertiary/aromatic N) is 2. The van der Waals surface area contributed by atoms with Gasteiger partial charge in [-0.15, -0.1) is 0 Å². The minimum atomic E-state index is -0.129. The molecule has 2 aromatic rings. The number of carbonyl (C=O) groups excluding carboxylic acids is 1. The topological polar surface area (TPSA) is 54.5 Å². The van der Waals surface area contributed by atoms with Gasteiger partial charge in [0.1, 0.15) is 11.1 Å². The summed E-state index contributed by atoms with van der Waals surface area (Å²) in [6.07, 6.45) is 1.55. The smallest absolute Gasteiger partial charge is 0.322 e. The van der Waals surface area contributed by atoms with Crippen LogP contribution in [0.15, 0.2) is 42.6 Å². The quantitative estimate of drug-likeness (QED) is 0.944. The molecule has 0 saturated carbocycles. The Morgan fingerprint density at radius 1 is 1.32 bits per heavy atom. The molecule has 2 heterocycles. The average Bonchev–Trinajstić information content (AvgIpc) is 2.46. The maximum Gasteiger partial charge on any atom is 0.322 e. The van der Waals surface area contributed by atoms with Gasteiger partial charge in [-0.3, -0.25) is 0 Å². The molecule has 0 atom stereocenters. The number of carbonyl (C=O) groups is 1. The summed E-state index contributed by atoms with van der Waals surface area (Å²) in [5.74, 6) is 0.410. The number of halogens is 1. The highest BCUT2D eigenvalue weighted by Gasteiger charge is 2.33. The van der Waals surface area contributed by atoms with E-state index in [2.05, 4.69) is 10.3 Å². The summed E-state index contributed by atoms with van der Waals surface area (Å²) in [5, 5.41) is 3.33. The third kappa shape index (κ3) is 3.31. The van der Waals surface area contributed by atoms with Gasteiger partial charge in [-0.05, 0) is 31.2 Å². The monoisotopic (exact) mass is 317 g/mol. The second kappa shape index (κ2) is 6.23. The van der Waals surface area contributed by atoms with Crippen molar-refractivity contribution in [2.45, 2.75) is 13.0 Å². The Bertz CT molecular complexity index is 669. The first-order valence-electron chi connectivity index (χ1n) is 7.01. The molecular formula is C16H16ClN3O2. The van der Waals surface area contributed by atoms with Crippen LogP contribution < -0.4 is 10.1 Å². The average molecular weight is 318 g/mol. The Balaban J connectivity index is 1.49. The van der Waals surface area contributed by atoms with E-state index in [9.17, 15) is 4.79 Å². The van der Waals surface area contributed by atoms with Crippen molar-refractivity contribution in [3.63, 3.8) is 0 Å². The molecule has 0 bridgehead atoms. The third-order valence-electron chi connectivity index (χ3n) is 3.44. The van der Waals surface area contributed by atoms with Gasteiger partial charge in [-0.25, -0.2) is 9.78 Å². The van der Waals surface area contributed by atoms with E-state index < -0.39 is 0 Å². The van der Waals surface area contributed by atoms with E-state index in [1.54, 1.807) is 23.2 Å². The van der Waals surface area contributed by atoms with Crippen molar-refractivity contribution >= 4 is 23.3 Å². The molecule has 6 heteroatoms. The number of hydrogen-bond acceptors (Lipinski definition) is 3. The van der Waals surface area contributed by atoms with Gasteiger partial charge in [0.2, 0.25) is 5.88 Å². The maximum atomic E-state index is 12.1. The number of amides is 2. The summed E-state index contributed by atoms with van der Waals surface area (Å²) >= 11 is 5.99. The number of benzene rings is 1. The van der Waals surface area contributed by atoms with E-state index in [4.69, 9.17) is 16.3 Å². The molecule has 0 radical (unpaired) electrons. The number of hydrogen-bond donors (Lipinski definition) is 1.